The quantitative estimate of drug-likeness (QED) is 0.588. The Labute approximate surface area is 176 Å². The second kappa shape index (κ2) is 8.23. The van der Waals surface area contributed by atoms with Crippen LogP contribution in [0.3, 0.4) is 0 Å². The highest BCUT2D eigenvalue weighted by Gasteiger charge is 2.30. The minimum absolute atomic E-state index is 0.0661. The Morgan fingerprint density at radius 2 is 1.47 bits per heavy atom. The molecule has 0 amide bonds. The number of terminal acetylenes is 2. The number of hydrogen-bond donors (Lipinski definition) is 2. The third-order valence-electron chi connectivity index (χ3n) is 5.38. The van der Waals surface area contributed by atoms with Crippen LogP contribution in [0.5, 0.6) is 0 Å². The SMILES string of the molecule is C#CCNc1ccc2c(c1)C(c1ccc([18F])cc1)N(C)c1cc(NCC#C)ccc1-2. The Balaban J connectivity index is 1.87. The fourth-order valence-electron chi connectivity index (χ4n) is 4.01. The summed E-state index contributed by atoms with van der Waals surface area (Å²) in [5.41, 5.74) is 7.45. The fourth-order valence-corrected chi connectivity index (χ4v) is 4.01. The van der Waals surface area contributed by atoms with Crippen LogP contribution in [0.25, 0.3) is 11.1 Å². The minimum atomic E-state index is -0.247. The number of rotatable bonds is 5. The molecule has 1 heterocycles. The molecule has 3 aromatic rings. The molecule has 4 heteroatoms. The zero-order valence-electron chi connectivity index (χ0n) is 16.7. The van der Waals surface area contributed by atoms with Gasteiger partial charge in [0.25, 0.3) is 0 Å². The maximum Gasteiger partial charge on any atom is 0.123 e. The Bertz CT molecular complexity index is 1150. The van der Waals surface area contributed by atoms with E-state index in [1.807, 2.05) is 24.3 Å². The number of benzene rings is 3. The van der Waals surface area contributed by atoms with E-state index in [9.17, 15) is 4.39 Å². The van der Waals surface area contributed by atoms with E-state index in [2.05, 4.69) is 58.7 Å². The maximum atomic E-state index is 13.6. The molecule has 0 saturated carbocycles. The van der Waals surface area contributed by atoms with Crippen molar-refractivity contribution < 1.29 is 4.39 Å². The highest BCUT2D eigenvalue weighted by molar-refractivity contribution is 5.88. The molecule has 0 spiro atoms. The minimum Gasteiger partial charge on any atom is -0.374 e. The van der Waals surface area contributed by atoms with Gasteiger partial charge in [0.15, 0.2) is 0 Å². The summed E-state index contributed by atoms with van der Waals surface area (Å²) in [6, 6.07) is 19.2. The Morgan fingerprint density at radius 3 is 2.10 bits per heavy atom. The van der Waals surface area contributed by atoms with Gasteiger partial charge in [0.1, 0.15) is 5.82 Å². The molecule has 0 aliphatic carbocycles. The van der Waals surface area contributed by atoms with Crippen molar-refractivity contribution >= 4 is 17.1 Å². The summed E-state index contributed by atoms with van der Waals surface area (Å²) in [5.74, 6) is 4.97. The summed E-state index contributed by atoms with van der Waals surface area (Å²) >= 11 is 0. The average Bonchev–Trinajstić information content (AvgIpc) is 2.77. The van der Waals surface area contributed by atoms with Crippen molar-refractivity contribution in [2.24, 2.45) is 0 Å². The molecule has 0 fully saturated rings. The highest BCUT2D eigenvalue weighted by Crippen LogP contribution is 2.48. The fraction of sp³-hybridized carbons (Fsp3) is 0.154. The van der Waals surface area contributed by atoms with Gasteiger partial charge in [-0.05, 0) is 53.1 Å². The van der Waals surface area contributed by atoms with Crippen LogP contribution in [0.4, 0.5) is 21.5 Å². The summed E-state index contributed by atoms with van der Waals surface area (Å²) in [4.78, 5) is 2.22. The second-order valence-corrected chi connectivity index (χ2v) is 7.21. The molecule has 1 atom stereocenters. The van der Waals surface area contributed by atoms with E-state index in [4.69, 9.17) is 12.8 Å². The van der Waals surface area contributed by atoms with Gasteiger partial charge < -0.3 is 15.5 Å². The molecule has 0 saturated heterocycles. The molecule has 1 aliphatic rings. The van der Waals surface area contributed by atoms with Crippen LogP contribution in [-0.2, 0) is 0 Å². The van der Waals surface area contributed by atoms with Crippen LogP contribution >= 0.6 is 0 Å². The van der Waals surface area contributed by atoms with E-state index < -0.39 is 0 Å². The van der Waals surface area contributed by atoms with Crippen molar-refractivity contribution in [2.45, 2.75) is 6.04 Å². The third kappa shape index (κ3) is 3.56. The van der Waals surface area contributed by atoms with Gasteiger partial charge in [0.05, 0.1) is 19.1 Å². The lowest BCUT2D eigenvalue weighted by Crippen LogP contribution is -2.29. The maximum absolute atomic E-state index is 13.6. The predicted molar refractivity (Wildman–Crippen MR) is 123 cm³/mol. The highest BCUT2D eigenvalue weighted by atomic mass is 18.2. The van der Waals surface area contributed by atoms with Crippen molar-refractivity contribution in [3.63, 3.8) is 0 Å². The Kier molecular flexibility index (Phi) is 5.33. The lowest BCUT2D eigenvalue weighted by atomic mass is 9.84. The molecule has 1 aliphatic heterocycles. The van der Waals surface area contributed by atoms with Crippen molar-refractivity contribution in [2.75, 3.05) is 35.7 Å². The molecule has 2 N–H and O–H groups in total. The average molecular weight is 394 g/mol. The molecule has 4 rings (SSSR count). The van der Waals surface area contributed by atoms with Crippen LogP contribution in [-0.4, -0.2) is 20.1 Å². The third-order valence-corrected chi connectivity index (χ3v) is 5.38. The van der Waals surface area contributed by atoms with Crippen molar-refractivity contribution in [3.8, 4) is 35.8 Å². The van der Waals surface area contributed by atoms with E-state index in [0.717, 1.165) is 39.3 Å². The van der Waals surface area contributed by atoms with E-state index in [1.165, 1.54) is 12.1 Å². The summed E-state index contributed by atoms with van der Waals surface area (Å²) in [6.45, 7) is 0.918. The normalized spacial score (nSPS) is 14.1. The van der Waals surface area contributed by atoms with E-state index in [1.54, 1.807) is 0 Å². The number of anilines is 3. The van der Waals surface area contributed by atoms with Crippen LogP contribution < -0.4 is 15.5 Å². The van der Waals surface area contributed by atoms with Gasteiger partial charge in [-0.2, -0.15) is 0 Å². The largest absolute Gasteiger partial charge is 0.374 e. The first-order valence-corrected chi connectivity index (χ1v) is 9.73. The van der Waals surface area contributed by atoms with Gasteiger partial charge in [0, 0.05) is 29.7 Å². The zero-order chi connectivity index (χ0) is 21.1. The Hall–Kier alpha value is -3.89. The molecule has 0 bridgehead atoms. The van der Waals surface area contributed by atoms with Crippen LogP contribution in [0.15, 0.2) is 60.7 Å². The zero-order valence-corrected chi connectivity index (χ0v) is 16.7. The second-order valence-electron chi connectivity index (χ2n) is 7.21. The molecule has 30 heavy (non-hydrogen) atoms. The van der Waals surface area contributed by atoms with Crippen LogP contribution in [0.2, 0.25) is 0 Å². The number of halogens is 1. The first-order valence-electron chi connectivity index (χ1n) is 9.73. The number of nitrogens with one attached hydrogen (secondary N) is 2. The molecule has 1 unspecified atom stereocenters. The van der Waals surface area contributed by atoms with Crippen molar-refractivity contribution in [1.82, 2.24) is 0 Å². The summed E-state index contributed by atoms with van der Waals surface area (Å²) in [7, 11) is 2.06. The molecule has 3 aromatic carbocycles. The van der Waals surface area contributed by atoms with E-state index >= 15 is 0 Å². The number of nitrogens with zero attached hydrogens (tertiary/aromatic N) is 1. The number of fused-ring (bicyclic) bond motifs is 3. The molecule has 0 aromatic heterocycles. The summed E-state index contributed by atoms with van der Waals surface area (Å²) in [5, 5.41) is 6.50. The van der Waals surface area contributed by atoms with Gasteiger partial charge in [-0.3, -0.25) is 0 Å². The monoisotopic (exact) mass is 394 g/mol. The predicted octanol–water partition coefficient (Wildman–Crippen LogP) is 5.12. The van der Waals surface area contributed by atoms with Gasteiger partial charge >= 0.3 is 0 Å². The Morgan fingerprint density at radius 1 is 0.867 bits per heavy atom. The molecular formula is C26H22FN3. The lowest BCUT2D eigenvalue weighted by Gasteiger charge is -2.38. The molecule has 0 radical (unpaired) electrons. The van der Waals surface area contributed by atoms with Gasteiger partial charge in [-0.1, -0.05) is 36.1 Å². The smallest absolute Gasteiger partial charge is 0.123 e. The summed E-state index contributed by atoms with van der Waals surface area (Å²) in [6.07, 6.45) is 10.8. The van der Waals surface area contributed by atoms with Gasteiger partial charge in [-0.25, -0.2) is 4.39 Å². The molecule has 3 nitrogen and oxygen atoms in total. The van der Waals surface area contributed by atoms with E-state index in [-0.39, 0.29) is 11.9 Å². The molecular weight excluding hydrogens is 372 g/mol. The first-order chi connectivity index (χ1) is 14.6. The number of hydrogen-bond acceptors (Lipinski definition) is 3. The topological polar surface area (TPSA) is 27.3 Å². The first kappa shape index (κ1) is 19.4. The van der Waals surface area contributed by atoms with Crippen LogP contribution in [0, 0.1) is 30.5 Å². The van der Waals surface area contributed by atoms with Crippen molar-refractivity contribution in [1.29, 1.82) is 0 Å². The standard InChI is InChI=1S/C26H22FN3/c1-4-14-28-20-10-12-22-23-13-11-21(29-15-5-2)17-25(23)30(3)26(24(22)16-20)18-6-8-19(27)9-7-18/h1-2,6-13,16-17,26,28-29H,14-15H2,3H3/i27-1. The van der Waals surface area contributed by atoms with Gasteiger partial charge in [0.2, 0.25) is 0 Å². The van der Waals surface area contributed by atoms with E-state index in [0.29, 0.717) is 13.1 Å². The van der Waals surface area contributed by atoms with Gasteiger partial charge in [-0.15, -0.1) is 12.8 Å². The summed E-state index contributed by atoms with van der Waals surface area (Å²) < 4.78 is 13.6. The lowest BCUT2D eigenvalue weighted by molar-refractivity contribution is 0.625. The van der Waals surface area contributed by atoms with Crippen LogP contribution in [0.1, 0.15) is 17.2 Å². The van der Waals surface area contributed by atoms with Crippen molar-refractivity contribution in [3.05, 3.63) is 77.6 Å². The molecule has 148 valence electrons.